The summed E-state index contributed by atoms with van der Waals surface area (Å²) in [6.07, 6.45) is 2.69. The minimum Gasteiger partial charge on any atom is -0.488 e. The van der Waals surface area contributed by atoms with Gasteiger partial charge in [-0.25, -0.2) is 0 Å². The molecule has 0 amide bonds. The van der Waals surface area contributed by atoms with Crippen LogP contribution in [0.25, 0.3) is 0 Å². The van der Waals surface area contributed by atoms with Gasteiger partial charge in [0.25, 0.3) is 0 Å². The zero-order valence-electron chi connectivity index (χ0n) is 10.9. The predicted octanol–water partition coefficient (Wildman–Crippen LogP) is 3.31. The summed E-state index contributed by atoms with van der Waals surface area (Å²) < 4.78 is 5.91. The lowest BCUT2D eigenvalue weighted by Crippen LogP contribution is -2.46. The minimum absolute atomic E-state index is 0.0341. The largest absolute Gasteiger partial charge is 0.488 e. The molecule has 2 unspecified atom stereocenters. The summed E-state index contributed by atoms with van der Waals surface area (Å²) in [7, 11) is 0. The molecule has 0 saturated heterocycles. The van der Waals surface area contributed by atoms with Crippen LogP contribution in [0.5, 0.6) is 5.75 Å². The van der Waals surface area contributed by atoms with Gasteiger partial charge >= 0.3 is 0 Å². The molecule has 1 aliphatic rings. The van der Waals surface area contributed by atoms with Crippen LogP contribution in [0.4, 0.5) is 0 Å². The molecule has 1 aromatic carbocycles. The summed E-state index contributed by atoms with van der Waals surface area (Å²) in [5, 5.41) is 10.3. The molecule has 1 aliphatic carbocycles. The molecule has 2 atom stereocenters. The van der Waals surface area contributed by atoms with Crippen molar-refractivity contribution in [3.05, 3.63) is 29.8 Å². The standard InChI is InChI=1S/C15H22O2/c1-11-6-8-12(9-7-11)17-13-5-4-10-15(2,3)14(13)16/h6-9,13-14,16H,4-5,10H2,1-3H3. The summed E-state index contributed by atoms with van der Waals surface area (Å²) in [5.74, 6) is 0.859. The highest BCUT2D eigenvalue weighted by atomic mass is 16.5. The van der Waals surface area contributed by atoms with Gasteiger partial charge in [0.1, 0.15) is 11.9 Å². The van der Waals surface area contributed by atoms with Gasteiger partial charge < -0.3 is 9.84 Å². The summed E-state index contributed by atoms with van der Waals surface area (Å²) >= 11 is 0. The lowest BCUT2D eigenvalue weighted by atomic mass is 9.73. The first-order valence-electron chi connectivity index (χ1n) is 6.40. The molecule has 0 aliphatic heterocycles. The van der Waals surface area contributed by atoms with Crippen LogP contribution < -0.4 is 4.74 Å². The molecule has 1 aromatic rings. The van der Waals surface area contributed by atoms with Crippen molar-refractivity contribution in [2.45, 2.75) is 52.2 Å². The number of hydrogen-bond donors (Lipinski definition) is 1. The molecular weight excluding hydrogens is 212 g/mol. The molecular formula is C15H22O2. The van der Waals surface area contributed by atoms with Gasteiger partial charge in [0.15, 0.2) is 0 Å². The predicted molar refractivity (Wildman–Crippen MR) is 69.2 cm³/mol. The lowest BCUT2D eigenvalue weighted by Gasteiger charge is -2.40. The van der Waals surface area contributed by atoms with Crippen molar-refractivity contribution in [1.29, 1.82) is 0 Å². The Balaban J connectivity index is 2.05. The Bertz CT molecular complexity index is 367. The fourth-order valence-corrected chi connectivity index (χ4v) is 2.48. The Morgan fingerprint density at radius 3 is 2.53 bits per heavy atom. The van der Waals surface area contributed by atoms with Crippen LogP contribution >= 0.6 is 0 Å². The van der Waals surface area contributed by atoms with Crippen molar-refractivity contribution >= 4 is 0 Å². The highest BCUT2D eigenvalue weighted by Gasteiger charge is 2.38. The average molecular weight is 234 g/mol. The zero-order chi connectivity index (χ0) is 12.5. The molecule has 2 heteroatoms. The summed E-state index contributed by atoms with van der Waals surface area (Å²) in [6.45, 7) is 6.28. The number of benzene rings is 1. The fraction of sp³-hybridized carbons (Fsp3) is 0.600. The maximum absolute atomic E-state index is 10.3. The highest BCUT2D eigenvalue weighted by molar-refractivity contribution is 5.26. The molecule has 94 valence electrons. The number of hydrogen-bond acceptors (Lipinski definition) is 2. The van der Waals surface area contributed by atoms with Gasteiger partial charge in [0.05, 0.1) is 6.10 Å². The number of aryl methyl sites for hydroxylation is 1. The Labute approximate surface area is 104 Å². The number of rotatable bonds is 2. The average Bonchev–Trinajstić information content (AvgIpc) is 2.28. The highest BCUT2D eigenvalue weighted by Crippen LogP contribution is 2.37. The quantitative estimate of drug-likeness (QED) is 0.850. The van der Waals surface area contributed by atoms with Crippen molar-refractivity contribution in [2.24, 2.45) is 5.41 Å². The van der Waals surface area contributed by atoms with E-state index in [1.165, 1.54) is 5.56 Å². The molecule has 0 aromatic heterocycles. The number of aliphatic hydroxyl groups is 1. The van der Waals surface area contributed by atoms with Crippen LogP contribution in [0.3, 0.4) is 0 Å². The Morgan fingerprint density at radius 1 is 1.24 bits per heavy atom. The Morgan fingerprint density at radius 2 is 1.88 bits per heavy atom. The van der Waals surface area contributed by atoms with Gasteiger partial charge in [0.2, 0.25) is 0 Å². The van der Waals surface area contributed by atoms with E-state index in [1.54, 1.807) is 0 Å². The third kappa shape index (κ3) is 2.81. The molecule has 1 fully saturated rings. The van der Waals surface area contributed by atoms with Crippen molar-refractivity contribution < 1.29 is 9.84 Å². The van der Waals surface area contributed by atoms with Gasteiger partial charge in [-0.3, -0.25) is 0 Å². The van der Waals surface area contributed by atoms with Crippen LogP contribution in [0.15, 0.2) is 24.3 Å². The third-order valence-corrected chi connectivity index (χ3v) is 3.77. The van der Waals surface area contributed by atoms with Gasteiger partial charge in [-0.05, 0) is 43.7 Å². The number of aliphatic hydroxyl groups excluding tert-OH is 1. The van der Waals surface area contributed by atoms with E-state index in [0.29, 0.717) is 0 Å². The van der Waals surface area contributed by atoms with E-state index in [9.17, 15) is 5.11 Å². The van der Waals surface area contributed by atoms with Crippen molar-refractivity contribution in [3.8, 4) is 5.75 Å². The summed E-state index contributed by atoms with van der Waals surface area (Å²) in [6, 6.07) is 8.03. The first-order chi connectivity index (χ1) is 7.99. The van der Waals surface area contributed by atoms with E-state index < -0.39 is 0 Å². The maximum Gasteiger partial charge on any atom is 0.125 e. The summed E-state index contributed by atoms with van der Waals surface area (Å²) in [5.41, 5.74) is 1.19. The molecule has 0 heterocycles. The normalized spacial score (nSPS) is 27.8. The molecule has 0 bridgehead atoms. The van der Waals surface area contributed by atoms with Crippen molar-refractivity contribution in [3.63, 3.8) is 0 Å². The van der Waals surface area contributed by atoms with Crippen LogP contribution in [-0.4, -0.2) is 17.3 Å². The lowest BCUT2D eigenvalue weighted by molar-refractivity contribution is -0.0689. The topological polar surface area (TPSA) is 29.5 Å². The molecule has 1 saturated carbocycles. The molecule has 1 N–H and O–H groups in total. The van der Waals surface area contributed by atoms with E-state index in [4.69, 9.17) is 4.74 Å². The van der Waals surface area contributed by atoms with Crippen molar-refractivity contribution in [1.82, 2.24) is 0 Å². The van der Waals surface area contributed by atoms with Crippen molar-refractivity contribution in [2.75, 3.05) is 0 Å². The van der Waals surface area contributed by atoms with E-state index in [-0.39, 0.29) is 17.6 Å². The van der Waals surface area contributed by atoms with Gasteiger partial charge in [-0.2, -0.15) is 0 Å². The van der Waals surface area contributed by atoms with E-state index >= 15 is 0 Å². The SMILES string of the molecule is Cc1ccc(OC2CCCC(C)(C)C2O)cc1. The Hall–Kier alpha value is -1.02. The molecule has 2 nitrogen and oxygen atoms in total. The third-order valence-electron chi connectivity index (χ3n) is 3.77. The smallest absolute Gasteiger partial charge is 0.125 e. The van der Waals surface area contributed by atoms with E-state index in [0.717, 1.165) is 25.0 Å². The monoisotopic (exact) mass is 234 g/mol. The fourth-order valence-electron chi connectivity index (χ4n) is 2.48. The summed E-state index contributed by atoms with van der Waals surface area (Å²) in [4.78, 5) is 0. The molecule has 17 heavy (non-hydrogen) atoms. The minimum atomic E-state index is -0.377. The molecule has 0 spiro atoms. The Kier molecular flexibility index (Phi) is 3.43. The second-order valence-corrected chi connectivity index (χ2v) is 5.80. The van der Waals surface area contributed by atoms with Crippen LogP contribution in [0.2, 0.25) is 0 Å². The van der Waals surface area contributed by atoms with Gasteiger partial charge in [0, 0.05) is 0 Å². The second-order valence-electron chi connectivity index (χ2n) is 5.80. The first-order valence-corrected chi connectivity index (χ1v) is 6.40. The molecule has 0 radical (unpaired) electrons. The zero-order valence-corrected chi connectivity index (χ0v) is 10.9. The van der Waals surface area contributed by atoms with E-state index in [1.807, 2.05) is 24.3 Å². The van der Waals surface area contributed by atoms with Gasteiger partial charge in [-0.15, -0.1) is 0 Å². The maximum atomic E-state index is 10.3. The second kappa shape index (κ2) is 4.69. The van der Waals surface area contributed by atoms with Crippen LogP contribution in [0.1, 0.15) is 38.7 Å². The van der Waals surface area contributed by atoms with E-state index in [2.05, 4.69) is 20.8 Å². The number of ether oxygens (including phenoxy) is 1. The first kappa shape index (κ1) is 12.4. The van der Waals surface area contributed by atoms with Crippen LogP contribution in [0, 0.1) is 12.3 Å². The molecule has 2 rings (SSSR count). The van der Waals surface area contributed by atoms with Crippen LogP contribution in [-0.2, 0) is 0 Å². The van der Waals surface area contributed by atoms with Gasteiger partial charge in [-0.1, -0.05) is 31.5 Å².